The van der Waals surface area contributed by atoms with Crippen LogP contribution >= 0.6 is 0 Å². The molecule has 0 radical (unpaired) electrons. The molecule has 2 unspecified atom stereocenters. The van der Waals surface area contributed by atoms with Crippen molar-refractivity contribution in [3.63, 3.8) is 0 Å². The molecule has 6 nitrogen and oxygen atoms in total. The zero-order chi connectivity index (χ0) is 10.6. The van der Waals surface area contributed by atoms with E-state index in [0.29, 0.717) is 13.1 Å². The summed E-state index contributed by atoms with van der Waals surface area (Å²) in [5.74, 6) is 4.80. The van der Waals surface area contributed by atoms with Crippen molar-refractivity contribution in [1.82, 2.24) is 10.3 Å². The van der Waals surface area contributed by atoms with Crippen LogP contribution in [0.2, 0.25) is 0 Å². The Bertz CT molecular complexity index is 188. The molecule has 0 bridgehead atoms. The van der Waals surface area contributed by atoms with Crippen LogP contribution in [0.4, 0.5) is 0 Å². The highest BCUT2D eigenvalue weighted by Gasteiger charge is 2.33. The Kier molecular flexibility index (Phi) is 4.27. The van der Waals surface area contributed by atoms with Gasteiger partial charge in [0.25, 0.3) is 0 Å². The smallest absolute Gasteiger partial charge is 0.248 e. The molecule has 0 aromatic carbocycles. The fourth-order valence-electron chi connectivity index (χ4n) is 1.65. The van der Waals surface area contributed by atoms with Gasteiger partial charge in [0.05, 0.1) is 18.8 Å². The number of nitrogens with two attached hydrogens (primary N) is 1. The fourth-order valence-corrected chi connectivity index (χ4v) is 1.65. The largest absolute Gasteiger partial charge is 0.377 e. The molecule has 0 saturated carbocycles. The summed E-state index contributed by atoms with van der Waals surface area (Å²) in [6.45, 7) is 1.68. The predicted molar refractivity (Wildman–Crippen MR) is 50.4 cm³/mol. The SMILES string of the molecule is COC1CN(CC(=O)NN)CC1OC. The number of nitrogens with zero attached hydrogens (tertiary/aromatic N) is 1. The molecule has 14 heavy (non-hydrogen) atoms. The van der Waals surface area contributed by atoms with Crippen LogP contribution in [0, 0.1) is 0 Å². The molecule has 0 spiro atoms. The van der Waals surface area contributed by atoms with E-state index >= 15 is 0 Å². The van der Waals surface area contributed by atoms with Gasteiger partial charge in [0.2, 0.25) is 5.91 Å². The number of carbonyl (C=O) groups is 1. The summed E-state index contributed by atoms with van der Waals surface area (Å²) in [6, 6.07) is 0. The maximum absolute atomic E-state index is 11.0. The Morgan fingerprint density at radius 3 is 2.29 bits per heavy atom. The van der Waals surface area contributed by atoms with Crippen LogP contribution < -0.4 is 11.3 Å². The molecule has 0 aromatic heterocycles. The van der Waals surface area contributed by atoms with E-state index in [1.807, 2.05) is 4.90 Å². The number of hydrazine groups is 1. The first-order valence-corrected chi connectivity index (χ1v) is 4.48. The van der Waals surface area contributed by atoms with E-state index in [-0.39, 0.29) is 24.7 Å². The average Bonchev–Trinajstić information content (AvgIpc) is 2.59. The van der Waals surface area contributed by atoms with Gasteiger partial charge in [-0.1, -0.05) is 0 Å². The van der Waals surface area contributed by atoms with Gasteiger partial charge in [-0.05, 0) is 0 Å². The van der Waals surface area contributed by atoms with Gasteiger partial charge in [-0.2, -0.15) is 0 Å². The first kappa shape index (κ1) is 11.4. The Morgan fingerprint density at radius 2 is 1.93 bits per heavy atom. The Balaban J connectivity index is 2.40. The Hall–Kier alpha value is -0.690. The molecule has 1 saturated heterocycles. The van der Waals surface area contributed by atoms with Crippen LogP contribution in [0.3, 0.4) is 0 Å². The summed E-state index contributed by atoms with van der Waals surface area (Å²) in [7, 11) is 3.28. The summed E-state index contributed by atoms with van der Waals surface area (Å²) < 4.78 is 10.5. The summed E-state index contributed by atoms with van der Waals surface area (Å²) in [5, 5.41) is 0. The van der Waals surface area contributed by atoms with E-state index < -0.39 is 0 Å². The number of hydrogen-bond acceptors (Lipinski definition) is 5. The number of nitrogens with one attached hydrogen (secondary N) is 1. The highest BCUT2D eigenvalue weighted by molar-refractivity contribution is 5.77. The van der Waals surface area contributed by atoms with E-state index in [4.69, 9.17) is 15.3 Å². The van der Waals surface area contributed by atoms with Gasteiger partial charge in [0.1, 0.15) is 0 Å². The van der Waals surface area contributed by atoms with Crippen molar-refractivity contribution in [3.8, 4) is 0 Å². The van der Waals surface area contributed by atoms with Crippen LogP contribution in [0.5, 0.6) is 0 Å². The molecule has 1 heterocycles. The molecule has 6 heteroatoms. The predicted octanol–water partition coefficient (Wildman–Crippen LogP) is -1.68. The minimum Gasteiger partial charge on any atom is -0.377 e. The molecule has 3 N–H and O–H groups in total. The molecule has 1 rings (SSSR count). The number of methoxy groups -OCH3 is 2. The van der Waals surface area contributed by atoms with Gasteiger partial charge in [0.15, 0.2) is 0 Å². The van der Waals surface area contributed by atoms with E-state index in [2.05, 4.69) is 5.43 Å². The third-order valence-corrected chi connectivity index (χ3v) is 2.42. The van der Waals surface area contributed by atoms with Gasteiger partial charge in [0, 0.05) is 27.3 Å². The maximum atomic E-state index is 11.0. The van der Waals surface area contributed by atoms with Crippen molar-refractivity contribution in [2.75, 3.05) is 33.9 Å². The molecule has 1 amide bonds. The zero-order valence-electron chi connectivity index (χ0n) is 8.53. The Morgan fingerprint density at radius 1 is 1.43 bits per heavy atom. The average molecular weight is 203 g/mol. The van der Waals surface area contributed by atoms with E-state index in [9.17, 15) is 4.79 Å². The van der Waals surface area contributed by atoms with Crippen LogP contribution in [-0.4, -0.2) is 56.9 Å². The van der Waals surface area contributed by atoms with Crippen molar-refractivity contribution in [1.29, 1.82) is 0 Å². The summed E-state index contributed by atoms with van der Waals surface area (Å²) in [4.78, 5) is 12.9. The van der Waals surface area contributed by atoms with Crippen LogP contribution in [0.1, 0.15) is 0 Å². The number of hydrogen-bond donors (Lipinski definition) is 2. The third-order valence-electron chi connectivity index (χ3n) is 2.42. The van der Waals surface area contributed by atoms with Crippen LogP contribution in [-0.2, 0) is 14.3 Å². The second-order valence-electron chi connectivity index (χ2n) is 3.31. The molecular weight excluding hydrogens is 186 g/mol. The molecular formula is C8H17N3O3. The number of rotatable bonds is 4. The van der Waals surface area contributed by atoms with Gasteiger partial charge >= 0.3 is 0 Å². The van der Waals surface area contributed by atoms with Gasteiger partial charge in [-0.3, -0.25) is 15.1 Å². The minimum atomic E-state index is -0.198. The van der Waals surface area contributed by atoms with E-state index in [1.54, 1.807) is 14.2 Å². The lowest BCUT2D eigenvalue weighted by Crippen LogP contribution is -2.40. The van der Waals surface area contributed by atoms with Crippen molar-refractivity contribution in [2.24, 2.45) is 5.84 Å². The topological polar surface area (TPSA) is 76.8 Å². The van der Waals surface area contributed by atoms with E-state index in [0.717, 1.165) is 0 Å². The van der Waals surface area contributed by atoms with E-state index in [1.165, 1.54) is 0 Å². The number of amides is 1. The molecule has 1 fully saturated rings. The molecule has 0 aliphatic carbocycles. The zero-order valence-corrected chi connectivity index (χ0v) is 8.53. The summed E-state index contributed by atoms with van der Waals surface area (Å²) in [6.07, 6.45) is 0.0659. The molecule has 0 aromatic rings. The van der Waals surface area contributed by atoms with Gasteiger partial charge in [-0.25, -0.2) is 5.84 Å². The first-order valence-electron chi connectivity index (χ1n) is 4.48. The highest BCUT2D eigenvalue weighted by atomic mass is 16.5. The quantitative estimate of drug-likeness (QED) is 0.324. The lowest BCUT2D eigenvalue weighted by Gasteiger charge is -2.13. The summed E-state index contributed by atoms with van der Waals surface area (Å²) in [5.41, 5.74) is 2.10. The molecule has 82 valence electrons. The monoisotopic (exact) mass is 203 g/mol. The van der Waals surface area contributed by atoms with Crippen LogP contribution in [0.15, 0.2) is 0 Å². The summed E-state index contributed by atoms with van der Waals surface area (Å²) >= 11 is 0. The lowest BCUT2D eigenvalue weighted by atomic mass is 10.3. The third kappa shape index (κ3) is 2.65. The second kappa shape index (κ2) is 5.26. The second-order valence-corrected chi connectivity index (χ2v) is 3.31. The fraction of sp³-hybridized carbons (Fsp3) is 0.875. The Labute approximate surface area is 83.3 Å². The minimum absolute atomic E-state index is 0.0329. The van der Waals surface area contributed by atoms with Crippen LogP contribution in [0.25, 0.3) is 0 Å². The molecule has 2 atom stereocenters. The van der Waals surface area contributed by atoms with Crippen molar-refractivity contribution < 1.29 is 14.3 Å². The number of likely N-dealkylation sites (tertiary alicyclic amines) is 1. The van der Waals surface area contributed by atoms with Crippen molar-refractivity contribution in [3.05, 3.63) is 0 Å². The molecule has 1 aliphatic heterocycles. The highest BCUT2D eigenvalue weighted by Crippen LogP contribution is 2.14. The first-order chi connectivity index (χ1) is 6.71. The molecule has 1 aliphatic rings. The maximum Gasteiger partial charge on any atom is 0.248 e. The van der Waals surface area contributed by atoms with Crippen molar-refractivity contribution in [2.45, 2.75) is 12.2 Å². The number of ether oxygens (including phenoxy) is 2. The van der Waals surface area contributed by atoms with Crippen molar-refractivity contribution >= 4 is 5.91 Å². The standard InChI is InChI=1S/C8H17N3O3/c1-13-6-3-11(4-7(6)14-2)5-8(12)10-9/h6-7H,3-5,9H2,1-2H3,(H,10,12). The van der Waals surface area contributed by atoms with Gasteiger partial charge in [-0.15, -0.1) is 0 Å². The number of carbonyl (C=O) groups excluding carboxylic acids is 1. The van der Waals surface area contributed by atoms with Gasteiger partial charge < -0.3 is 9.47 Å². The normalized spacial score (nSPS) is 27.9. The lowest BCUT2D eigenvalue weighted by molar-refractivity contribution is -0.122.